The van der Waals surface area contributed by atoms with Gasteiger partial charge < -0.3 is 16.4 Å². The fourth-order valence-electron chi connectivity index (χ4n) is 2.26. The third-order valence-electron chi connectivity index (χ3n) is 2.94. The zero-order valence-electron chi connectivity index (χ0n) is 11.6. The number of carbonyl (C=O) groups is 2. The van der Waals surface area contributed by atoms with Crippen LogP contribution >= 0.6 is 0 Å². The van der Waals surface area contributed by atoms with Crippen molar-refractivity contribution < 1.29 is 9.59 Å². The van der Waals surface area contributed by atoms with Gasteiger partial charge in [-0.25, -0.2) is 0 Å². The molecule has 1 saturated heterocycles. The number of nitrogens with one attached hydrogen (secondary N) is 2. The van der Waals surface area contributed by atoms with E-state index in [1.165, 1.54) is 0 Å². The summed E-state index contributed by atoms with van der Waals surface area (Å²) in [6, 6.07) is -0.537. The van der Waals surface area contributed by atoms with Gasteiger partial charge in [0.15, 0.2) is 0 Å². The monoisotopic (exact) mass is 255 g/mol. The van der Waals surface area contributed by atoms with Gasteiger partial charge in [-0.2, -0.15) is 0 Å². The summed E-state index contributed by atoms with van der Waals surface area (Å²) in [6.07, 6.45) is 2.69. The van der Waals surface area contributed by atoms with E-state index in [1.807, 2.05) is 0 Å². The van der Waals surface area contributed by atoms with E-state index >= 15 is 0 Å². The summed E-state index contributed by atoms with van der Waals surface area (Å²) in [4.78, 5) is 23.3. The lowest BCUT2D eigenvalue weighted by atomic mass is 9.87. The minimum absolute atomic E-state index is 0.0843. The first kappa shape index (κ1) is 15.0. The second-order valence-corrected chi connectivity index (χ2v) is 6.28. The number of rotatable bonds is 4. The van der Waals surface area contributed by atoms with E-state index in [9.17, 15) is 9.59 Å². The van der Waals surface area contributed by atoms with Crippen LogP contribution in [0.25, 0.3) is 0 Å². The Morgan fingerprint density at radius 2 is 2.22 bits per heavy atom. The highest BCUT2D eigenvalue weighted by atomic mass is 16.2. The molecule has 0 aliphatic carbocycles. The number of carbonyl (C=O) groups excluding carboxylic acids is 2. The predicted octanol–water partition coefficient (Wildman–Crippen LogP) is 0.535. The Labute approximate surface area is 109 Å². The van der Waals surface area contributed by atoms with Crippen molar-refractivity contribution >= 4 is 11.8 Å². The van der Waals surface area contributed by atoms with E-state index in [0.29, 0.717) is 13.0 Å². The molecule has 0 spiro atoms. The number of amides is 2. The van der Waals surface area contributed by atoms with Crippen molar-refractivity contribution in [1.29, 1.82) is 0 Å². The number of piperidine rings is 1. The van der Waals surface area contributed by atoms with E-state index in [0.717, 1.165) is 12.8 Å². The van der Waals surface area contributed by atoms with E-state index in [1.54, 1.807) is 0 Å². The summed E-state index contributed by atoms with van der Waals surface area (Å²) < 4.78 is 0. The van der Waals surface area contributed by atoms with E-state index in [2.05, 4.69) is 31.4 Å². The highest BCUT2D eigenvalue weighted by molar-refractivity contribution is 5.88. The molecule has 2 unspecified atom stereocenters. The fourth-order valence-corrected chi connectivity index (χ4v) is 2.26. The van der Waals surface area contributed by atoms with Crippen LogP contribution in [0.5, 0.6) is 0 Å². The van der Waals surface area contributed by atoms with Gasteiger partial charge in [0.1, 0.15) is 6.04 Å². The molecule has 1 aliphatic rings. The molecular formula is C13H25N3O2. The average Bonchev–Trinajstić information content (AvgIpc) is 2.18. The van der Waals surface area contributed by atoms with Crippen molar-refractivity contribution in [1.82, 2.24) is 10.6 Å². The van der Waals surface area contributed by atoms with Crippen molar-refractivity contribution in [3.63, 3.8) is 0 Å². The highest BCUT2D eigenvalue weighted by Gasteiger charge is 2.25. The Kier molecular flexibility index (Phi) is 5.14. The molecule has 18 heavy (non-hydrogen) atoms. The first-order chi connectivity index (χ1) is 8.28. The summed E-state index contributed by atoms with van der Waals surface area (Å²) >= 11 is 0. The van der Waals surface area contributed by atoms with Crippen LogP contribution in [-0.4, -0.2) is 30.4 Å². The lowest BCUT2D eigenvalue weighted by Crippen LogP contribution is -2.51. The smallest absolute Gasteiger partial charge is 0.242 e. The van der Waals surface area contributed by atoms with Crippen LogP contribution in [-0.2, 0) is 9.59 Å². The molecule has 1 fully saturated rings. The molecular weight excluding hydrogens is 230 g/mol. The average molecular weight is 255 g/mol. The zero-order valence-corrected chi connectivity index (χ0v) is 11.6. The second kappa shape index (κ2) is 6.18. The van der Waals surface area contributed by atoms with Gasteiger partial charge in [-0.1, -0.05) is 20.8 Å². The third kappa shape index (κ3) is 5.49. The molecule has 2 amide bonds. The molecule has 1 aliphatic heterocycles. The zero-order chi connectivity index (χ0) is 13.8. The lowest BCUT2D eigenvalue weighted by molar-refractivity contribution is -0.130. The topological polar surface area (TPSA) is 84.2 Å². The summed E-state index contributed by atoms with van der Waals surface area (Å²) in [7, 11) is 0. The normalized spacial score (nSPS) is 22.2. The largest absolute Gasteiger partial charge is 0.354 e. The molecule has 0 aromatic carbocycles. The van der Waals surface area contributed by atoms with Crippen LogP contribution in [0, 0.1) is 5.41 Å². The molecule has 1 rings (SSSR count). The van der Waals surface area contributed by atoms with Gasteiger partial charge in [0.2, 0.25) is 11.8 Å². The maximum atomic E-state index is 11.8. The van der Waals surface area contributed by atoms with Crippen LogP contribution in [0.2, 0.25) is 0 Å². The van der Waals surface area contributed by atoms with Gasteiger partial charge in [0, 0.05) is 19.0 Å². The summed E-state index contributed by atoms with van der Waals surface area (Å²) in [6.45, 7) is 6.99. The van der Waals surface area contributed by atoms with Gasteiger partial charge in [-0.05, 0) is 24.7 Å². The van der Waals surface area contributed by atoms with Gasteiger partial charge >= 0.3 is 0 Å². The van der Waals surface area contributed by atoms with Crippen molar-refractivity contribution in [2.24, 2.45) is 11.1 Å². The third-order valence-corrected chi connectivity index (χ3v) is 2.94. The van der Waals surface area contributed by atoms with Gasteiger partial charge in [-0.15, -0.1) is 0 Å². The van der Waals surface area contributed by atoms with Crippen molar-refractivity contribution in [3.05, 3.63) is 0 Å². The van der Waals surface area contributed by atoms with Gasteiger partial charge in [0.05, 0.1) is 0 Å². The quantitative estimate of drug-likeness (QED) is 0.685. The van der Waals surface area contributed by atoms with Crippen molar-refractivity contribution in [2.75, 3.05) is 6.54 Å². The standard InChI is InChI=1S/C13H25N3O2/c1-13(2,3)8-9(14)7-11(17)16-10-5-4-6-15-12(10)18/h9-10H,4-8,14H2,1-3H3,(H,15,18)(H,16,17). The van der Waals surface area contributed by atoms with Crippen LogP contribution < -0.4 is 16.4 Å². The summed E-state index contributed by atoms with van der Waals surface area (Å²) in [5.74, 6) is -0.215. The minimum Gasteiger partial charge on any atom is -0.354 e. The van der Waals surface area contributed by atoms with Gasteiger partial charge in [0.25, 0.3) is 0 Å². The first-order valence-electron chi connectivity index (χ1n) is 6.60. The Bertz CT molecular complexity index is 310. The maximum absolute atomic E-state index is 11.8. The van der Waals surface area contributed by atoms with E-state index in [-0.39, 0.29) is 35.7 Å². The predicted molar refractivity (Wildman–Crippen MR) is 70.8 cm³/mol. The van der Waals surface area contributed by atoms with Crippen LogP contribution in [0.3, 0.4) is 0 Å². The van der Waals surface area contributed by atoms with Gasteiger partial charge in [-0.3, -0.25) is 9.59 Å². The Balaban J connectivity index is 2.34. The van der Waals surface area contributed by atoms with Crippen LogP contribution in [0.15, 0.2) is 0 Å². The number of hydrogen-bond donors (Lipinski definition) is 3. The molecule has 0 saturated carbocycles. The molecule has 0 bridgehead atoms. The molecule has 2 atom stereocenters. The second-order valence-electron chi connectivity index (χ2n) is 6.28. The Morgan fingerprint density at radius 3 is 2.78 bits per heavy atom. The fraction of sp³-hybridized carbons (Fsp3) is 0.846. The van der Waals surface area contributed by atoms with Crippen molar-refractivity contribution in [3.8, 4) is 0 Å². The van der Waals surface area contributed by atoms with Crippen LogP contribution in [0.4, 0.5) is 0 Å². The summed E-state index contributed by atoms with van der Waals surface area (Å²) in [5, 5.41) is 5.50. The molecule has 4 N–H and O–H groups in total. The first-order valence-corrected chi connectivity index (χ1v) is 6.60. The highest BCUT2D eigenvalue weighted by Crippen LogP contribution is 2.21. The number of hydrogen-bond acceptors (Lipinski definition) is 3. The molecule has 5 nitrogen and oxygen atoms in total. The Morgan fingerprint density at radius 1 is 1.56 bits per heavy atom. The molecule has 1 heterocycles. The SMILES string of the molecule is CC(C)(C)CC(N)CC(=O)NC1CCCNC1=O. The van der Waals surface area contributed by atoms with E-state index in [4.69, 9.17) is 5.73 Å². The van der Waals surface area contributed by atoms with E-state index < -0.39 is 0 Å². The van der Waals surface area contributed by atoms with Crippen LogP contribution in [0.1, 0.15) is 46.5 Å². The molecule has 5 heteroatoms. The molecule has 0 radical (unpaired) electrons. The molecule has 104 valence electrons. The molecule has 0 aromatic rings. The minimum atomic E-state index is -0.381. The maximum Gasteiger partial charge on any atom is 0.242 e. The van der Waals surface area contributed by atoms with Crippen molar-refractivity contribution in [2.45, 2.75) is 58.5 Å². The lowest BCUT2D eigenvalue weighted by Gasteiger charge is -2.25. The summed E-state index contributed by atoms with van der Waals surface area (Å²) in [5.41, 5.74) is 6.05. The Hall–Kier alpha value is -1.10. The molecule has 0 aromatic heterocycles. The number of nitrogens with two attached hydrogens (primary N) is 1.